The molecule has 0 aliphatic carbocycles. The summed E-state index contributed by atoms with van der Waals surface area (Å²) >= 11 is 6.10. The molecule has 0 unspecified atom stereocenters. The molecule has 1 heterocycles. The summed E-state index contributed by atoms with van der Waals surface area (Å²) in [6.07, 6.45) is 2.53. The lowest BCUT2D eigenvalue weighted by Crippen LogP contribution is -2.30. The van der Waals surface area contributed by atoms with Crippen LogP contribution in [0.1, 0.15) is 5.56 Å². The minimum absolute atomic E-state index is 0.00644. The first kappa shape index (κ1) is 21.5. The molecule has 0 atom stereocenters. The van der Waals surface area contributed by atoms with Crippen LogP contribution in [-0.4, -0.2) is 44.9 Å². The van der Waals surface area contributed by atoms with E-state index in [1.165, 1.54) is 35.6 Å². The van der Waals surface area contributed by atoms with Crippen molar-refractivity contribution in [3.63, 3.8) is 0 Å². The summed E-state index contributed by atoms with van der Waals surface area (Å²) in [6.45, 7) is 0. The van der Waals surface area contributed by atoms with E-state index >= 15 is 0 Å². The second-order valence-electron chi connectivity index (χ2n) is 6.74. The third kappa shape index (κ3) is 4.87. The number of hydrogen-bond acceptors (Lipinski definition) is 4. The lowest BCUT2D eigenvalue weighted by Gasteiger charge is -2.10. The molecule has 0 spiro atoms. The minimum atomic E-state index is -4.09. The number of carbonyl (C=O) groups is 1. The van der Waals surface area contributed by atoms with Gasteiger partial charge < -0.3 is 10.2 Å². The van der Waals surface area contributed by atoms with Crippen LogP contribution in [0, 0.1) is 0 Å². The Bertz CT molecular complexity index is 1240. The van der Waals surface area contributed by atoms with Gasteiger partial charge in [0, 0.05) is 41.7 Å². The largest absolute Gasteiger partial charge is 0.368 e. The standard InChI is InChI=1S/C20H19ClN4O4S/c1-24(2)13-22-30(28,29)19-12-15(11-18-16(19)7-5-9-25(18)27)23-20(26)10-14-6-3-4-8-17(14)21/h3-9,11-13,27H,10H2,1-2H3/p+1/b22-13+. The molecular formula is C20H20ClN4O4S+. The number of hydrogen-bond donors (Lipinski definition) is 2. The average Bonchev–Trinajstić information content (AvgIpc) is 2.68. The van der Waals surface area contributed by atoms with Gasteiger partial charge in [-0.15, -0.1) is 4.40 Å². The number of rotatable bonds is 6. The number of aromatic nitrogens is 1. The number of amides is 1. The quantitative estimate of drug-likeness (QED) is 0.261. The van der Waals surface area contributed by atoms with E-state index in [1.54, 1.807) is 44.4 Å². The molecule has 0 saturated carbocycles. The van der Waals surface area contributed by atoms with Crippen molar-refractivity contribution in [2.75, 3.05) is 19.4 Å². The monoisotopic (exact) mass is 447 g/mol. The topological polar surface area (TPSA) is 103 Å². The first-order valence-electron chi connectivity index (χ1n) is 8.85. The van der Waals surface area contributed by atoms with Gasteiger partial charge in [-0.05, 0) is 23.8 Å². The fourth-order valence-corrected chi connectivity index (χ4v) is 4.14. The van der Waals surface area contributed by atoms with E-state index in [4.69, 9.17) is 11.6 Å². The van der Waals surface area contributed by atoms with Crippen LogP contribution in [0.4, 0.5) is 5.69 Å². The Morgan fingerprint density at radius 3 is 2.67 bits per heavy atom. The third-order valence-electron chi connectivity index (χ3n) is 4.14. The first-order chi connectivity index (χ1) is 14.2. The Hall–Kier alpha value is -3.17. The zero-order valence-corrected chi connectivity index (χ0v) is 17.9. The second kappa shape index (κ2) is 8.68. The maximum absolute atomic E-state index is 12.8. The average molecular weight is 448 g/mol. The van der Waals surface area contributed by atoms with E-state index < -0.39 is 10.0 Å². The zero-order chi connectivity index (χ0) is 21.9. The molecule has 10 heteroatoms. The predicted molar refractivity (Wildman–Crippen MR) is 114 cm³/mol. The highest BCUT2D eigenvalue weighted by atomic mass is 35.5. The molecule has 0 bridgehead atoms. The molecule has 3 rings (SSSR count). The second-order valence-corrected chi connectivity index (χ2v) is 8.74. The number of nitrogens with zero attached hydrogens (tertiary/aromatic N) is 3. The number of fused-ring (bicyclic) bond motifs is 1. The lowest BCUT2D eigenvalue weighted by atomic mass is 10.1. The molecule has 156 valence electrons. The Morgan fingerprint density at radius 2 is 1.97 bits per heavy atom. The highest BCUT2D eigenvalue weighted by Crippen LogP contribution is 2.27. The number of nitrogens with one attached hydrogen (secondary N) is 1. The van der Waals surface area contributed by atoms with Crippen LogP contribution in [0.3, 0.4) is 0 Å². The number of sulfonamides is 1. The van der Waals surface area contributed by atoms with Gasteiger partial charge in [0.2, 0.25) is 12.1 Å². The molecule has 0 radical (unpaired) electrons. The van der Waals surface area contributed by atoms with Gasteiger partial charge in [0.05, 0.1) is 11.8 Å². The van der Waals surface area contributed by atoms with Gasteiger partial charge in [0.1, 0.15) is 11.2 Å². The highest BCUT2D eigenvalue weighted by Gasteiger charge is 2.23. The molecule has 8 nitrogen and oxygen atoms in total. The molecule has 1 aromatic heterocycles. The van der Waals surface area contributed by atoms with Crippen LogP contribution in [0.5, 0.6) is 0 Å². The summed E-state index contributed by atoms with van der Waals surface area (Å²) in [5.74, 6) is -0.386. The van der Waals surface area contributed by atoms with E-state index in [-0.39, 0.29) is 33.8 Å². The Morgan fingerprint density at radius 1 is 1.23 bits per heavy atom. The Kier molecular flexibility index (Phi) is 6.23. The summed E-state index contributed by atoms with van der Waals surface area (Å²) in [6, 6.07) is 12.8. The molecular weight excluding hydrogens is 428 g/mol. The van der Waals surface area contributed by atoms with E-state index in [2.05, 4.69) is 9.71 Å². The maximum Gasteiger partial charge on any atom is 0.284 e. The molecule has 2 aromatic carbocycles. The van der Waals surface area contributed by atoms with Gasteiger partial charge in [-0.3, -0.25) is 10.0 Å². The summed E-state index contributed by atoms with van der Waals surface area (Å²) in [5.41, 5.74) is 1.04. The van der Waals surface area contributed by atoms with Crippen molar-refractivity contribution in [1.29, 1.82) is 0 Å². The van der Waals surface area contributed by atoms with Crippen molar-refractivity contribution in [3.8, 4) is 0 Å². The molecule has 0 aliphatic heterocycles. The fraction of sp³-hybridized carbons (Fsp3) is 0.150. The summed E-state index contributed by atoms with van der Waals surface area (Å²) in [4.78, 5) is 13.8. The van der Waals surface area contributed by atoms with Crippen molar-refractivity contribution in [2.24, 2.45) is 4.40 Å². The van der Waals surface area contributed by atoms with Crippen molar-refractivity contribution in [1.82, 2.24) is 4.90 Å². The molecule has 3 aromatic rings. The maximum atomic E-state index is 12.8. The van der Waals surface area contributed by atoms with Crippen molar-refractivity contribution in [3.05, 3.63) is 65.3 Å². The smallest absolute Gasteiger partial charge is 0.284 e. The van der Waals surface area contributed by atoms with E-state index in [9.17, 15) is 18.4 Å². The lowest BCUT2D eigenvalue weighted by molar-refractivity contribution is -0.884. The van der Waals surface area contributed by atoms with E-state index in [1.807, 2.05) is 0 Å². The van der Waals surface area contributed by atoms with Crippen LogP contribution >= 0.6 is 11.6 Å². The molecule has 0 aliphatic rings. The minimum Gasteiger partial charge on any atom is -0.368 e. The van der Waals surface area contributed by atoms with E-state index in [0.717, 1.165) is 4.73 Å². The summed E-state index contributed by atoms with van der Waals surface area (Å²) in [5, 5.41) is 13.5. The molecule has 2 N–H and O–H groups in total. The number of pyridine rings is 1. The number of anilines is 1. The number of halogens is 1. The first-order valence-corrected chi connectivity index (χ1v) is 10.7. The number of carbonyl (C=O) groups excluding carboxylic acids is 1. The number of benzene rings is 2. The van der Waals surface area contributed by atoms with Crippen LogP contribution in [0.25, 0.3) is 10.9 Å². The molecule has 0 saturated heterocycles. The summed E-state index contributed by atoms with van der Waals surface area (Å²) in [7, 11) is -0.806. The van der Waals surface area contributed by atoms with Gasteiger partial charge in [-0.1, -0.05) is 29.8 Å². The normalized spacial score (nSPS) is 11.7. The zero-order valence-electron chi connectivity index (χ0n) is 16.3. The molecule has 0 fully saturated rings. The van der Waals surface area contributed by atoms with Gasteiger partial charge in [0.15, 0.2) is 0 Å². The van der Waals surface area contributed by atoms with Gasteiger partial charge in [-0.25, -0.2) is 0 Å². The summed E-state index contributed by atoms with van der Waals surface area (Å²) < 4.78 is 30.0. The van der Waals surface area contributed by atoms with E-state index in [0.29, 0.717) is 10.6 Å². The highest BCUT2D eigenvalue weighted by molar-refractivity contribution is 7.90. The third-order valence-corrected chi connectivity index (χ3v) is 5.78. The Balaban J connectivity index is 2.03. The van der Waals surface area contributed by atoms with Crippen molar-refractivity contribution >= 4 is 50.5 Å². The Labute approximate surface area is 179 Å². The molecule has 30 heavy (non-hydrogen) atoms. The van der Waals surface area contributed by atoms with Crippen LogP contribution in [-0.2, 0) is 21.2 Å². The van der Waals surface area contributed by atoms with Crippen molar-refractivity contribution in [2.45, 2.75) is 11.3 Å². The fourth-order valence-electron chi connectivity index (χ4n) is 2.79. The molecule has 1 amide bonds. The van der Waals surface area contributed by atoms with Gasteiger partial charge in [0.25, 0.3) is 15.5 Å². The van der Waals surface area contributed by atoms with Crippen molar-refractivity contribution < 1.29 is 23.1 Å². The SMILES string of the molecule is CN(C)/C=N/S(=O)(=O)c1cc(NC(=O)Cc2ccccc2Cl)cc2c1ccc[n+]2O. The predicted octanol–water partition coefficient (Wildman–Crippen LogP) is 2.48. The van der Waals surface area contributed by atoms with Crippen LogP contribution in [0.2, 0.25) is 5.02 Å². The van der Waals surface area contributed by atoms with Crippen LogP contribution < -0.4 is 10.0 Å². The van der Waals surface area contributed by atoms with Crippen LogP contribution in [0.15, 0.2) is 64.0 Å². The van der Waals surface area contributed by atoms with Gasteiger partial charge >= 0.3 is 0 Å². The van der Waals surface area contributed by atoms with Gasteiger partial charge in [-0.2, -0.15) is 8.42 Å².